The Morgan fingerprint density at radius 3 is 2.93 bits per heavy atom. The van der Waals surface area contributed by atoms with Crippen LogP contribution < -0.4 is 0 Å². The molecule has 1 saturated heterocycles. The minimum atomic E-state index is 0.0672. The van der Waals surface area contributed by atoms with Crippen molar-refractivity contribution in [1.29, 1.82) is 0 Å². The second-order valence-electron chi connectivity index (χ2n) is 7.18. The van der Waals surface area contributed by atoms with Crippen molar-refractivity contribution in [3.63, 3.8) is 0 Å². The molecule has 5 nitrogen and oxygen atoms in total. The van der Waals surface area contributed by atoms with Gasteiger partial charge in [0.25, 0.3) is 5.91 Å². The predicted molar refractivity (Wildman–Crippen MR) is 107 cm³/mol. The van der Waals surface area contributed by atoms with Gasteiger partial charge in [-0.25, -0.2) is 9.97 Å². The normalized spacial score (nSPS) is 17.2. The van der Waals surface area contributed by atoms with Crippen LogP contribution in [-0.2, 0) is 13.0 Å². The van der Waals surface area contributed by atoms with Gasteiger partial charge < -0.3 is 9.47 Å². The lowest BCUT2D eigenvalue weighted by Gasteiger charge is -2.32. The van der Waals surface area contributed by atoms with E-state index in [2.05, 4.69) is 26.7 Å². The highest BCUT2D eigenvalue weighted by atomic mass is 32.1. The summed E-state index contributed by atoms with van der Waals surface area (Å²) in [6.07, 6.45) is 6.83. The molecule has 140 valence electrons. The van der Waals surface area contributed by atoms with Crippen LogP contribution in [0.25, 0.3) is 0 Å². The number of imidazole rings is 1. The highest BCUT2D eigenvalue weighted by Gasteiger charge is 2.26. The number of aryl methyl sites for hydroxylation is 1. The van der Waals surface area contributed by atoms with Gasteiger partial charge in [-0.15, -0.1) is 11.3 Å². The third kappa shape index (κ3) is 4.27. The summed E-state index contributed by atoms with van der Waals surface area (Å²) in [7, 11) is 0. The molecule has 6 heteroatoms. The van der Waals surface area contributed by atoms with Crippen molar-refractivity contribution in [2.24, 2.45) is 5.92 Å². The average Bonchev–Trinajstić information content (AvgIpc) is 3.32. The Morgan fingerprint density at radius 1 is 1.30 bits per heavy atom. The quantitative estimate of drug-likeness (QED) is 0.677. The number of hydrogen-bond donors (Lipinski definition) is 0. The van der Waals surface area contributed by atoms with Crippen LogP contribution in [0, 0.1) is 12.8 Å². The molecule has 1 aromatic carbocycles. The van der Waals surface area contributed by atoms with E-state index < -0.39 is 0 Å². The fraction of sp³-hybridized carbons (Fsp3) is 0.381. The molecule has 2 aromatic heterocycles. The fourth-order valence-corrected chi connectivity index (χ4v) is 4.50. The molecular weight excluding hydrogens is 356 g/mol. The molecule has 0 N–H and O–H groups in total. The van der Waals surface area contributed by atoms with Crippen LogP contribution in [0.3, 0.4) is 0 Å². The highest BCUT2D eigenvalue weighted by molar-refractivity contribution is 7.09. The zero-order valence-corrected chi connectivity index (χ0v) is 16.4. The maximum absolute atomic E-state index is 12.9. The van der Waals surface area contributed by atoms with Crippen LogP contribution in [0.1, 0.15) is 39.7 Å². The molecule has 3 aromatic rings. The summed E-state index contributed by atoms with van der Waals surface area (Å²) >= 11 is 1.57. The standard InChI is InChI=1S/C21H24N4OS/c1-16-22-9-11-24(16)13-18-8-5-10-25(14-18)21(26)19-15-27-20(23-19)12-17-6-3-2-4-7-17/h2-4,6-7,9,11,15,18H,5,8,10,12-14H2,1H3. The zero-order chi connectivity index (χ0) is 18.6. The molecule has 1 amide bonds. The van der Waals surface area contributed by atoms with Crippen molar-refractivity contribution in [2.45, 2.75) is 32.7 Å². The minimum absolute atomic E-state index is 0.0672. The number of rotatable bonds is 5. The topological polar surface area (TPSA) is 51.0 Å². The average molecular weight is 381 g/mol. The summed E-state index contributed by atoms with van der Waals surface area (Å²) in [4.78, 5) is 23.8. The molecular formula is C21H24N4OS. The van der Waals surface area contributed by atoms with Crippen LogP contribution in [0.4, 0.5) is 0 Å². The molecule has 1 aliphatic heterocycles. The number of benzene rings is 1. The van der Waals surface area contributed by atoms with Crippen LogP contribution in [0.5, 0.6) is 0 Å². The van der Waals surface area contributed by atoms with E-state index in [1.54, 1.807) is 11.3 Å². The number of carbonyl (C=O) groups excluding carboxylic acids is 1. The van der Waals surface area contributed by atoms with E-state index in [1.165, 1.54) is 5.56 Å². The molecule has 0 saturated carbocycles. The van der Waals surface area contributed by atoms with E-state index >= 15 is 0 Å². The fourth-order valence-electron chi connectivity index (χ4n) is 3.70. The first-order valence-corrected chi connectivity index (χ1v) is 10.3. The Kier molecular flexibility index (Phi) is 5.34. The van der Waals surface area contributed by atoms with Crippen LogP contribution in [0.15, 0.2) is 48.1 Å². The Labute approximate surface area is 163 Å². The van der Waals surface area contributed by atoms with Gasteiger partial charge >= 0.3 is 0 Å². The summed E-state index contributed by atoms with van der Waals surface area (Å²) in [5.41, 5.74) is 1.81. The number of amides is 1. The highest BCUT2D eigenvalue weighted by Crippen LogP contribution is 2.22. The lowest BCUT2D eigenvalue weighted by molar-refractivity contribution is 0.0656. The van der Waals surface area contributed by atoms with E-state index in [0.29, 0.717) is 11.6 Å². The molecule has 1 aliphatic rings. The van der Waals surface area contributed by atoms with Gasteiger partial charge in [-0.2, -0.15) is 0 Å². The third-order valence-corrected chi connectivity index (χ3v) is 6.00. The first kappa shape index (κ1) is 17.9. The second kappa shape index (κ2) is 8.05. The number of likely N-dealkylation sites (tertiary alicyclic amines) is 1. The largest absolute Gasteiger partial charge is 0.337 e. The lowest BCUT2D eigenvalue weighted by atomic mass is 9.97. The Bertz CT molecular complexity index is 902. The number of thiazole rings is 1. The van der Waals surface area contributed by atoms with Crippen molar-refractivity contribution in [3.8, 4) is 0 Å². The van der Waals surface area contributed by atoms with Crippen LogP contribution >= 0.6 is 11.3 Å². The second-order valence-corrected chi connectivity index (χ2v) is 8.12. The molecule has 1 atom stereocenters. The number of hydrogen-bond acceptors (Lipinski definition) is 4. The van der Waals surface area contributed by atoms with E-state index in [-0.39, 0.29) is 5.91 Å². The summed E-state index contributed by atoms with van der Waals surface area (Å²) < 4.78 is 2.18. The van der Waals surface area contributed by atoms with Gasteiger partial charge in [-0.1, -0.05) is 30.3 Å². The Balaban J connectivity index is 1.39. The summed E-state index contributed by atoms with van der Waals surface area (Å²) in [5.74, 6) is 1.57. The van der Waals surface area contributed by atoms with Crippen molar-refractivity contribution >= 4 is 17.2 Å². The molecule has 3 heterocycles. The molecule has 0 spiro atoms. The molecule has 27 heavy (non-hydrogen) atoms. The maximum atomic E-state index is 12.9. The van der Waals surface area contributed by atoms with Crippen molar-refractivity contribution < 1.29 is 4.79 Å². The van der Waals surface area contributed by atoms with Gasteiger partial charge in [0.05, 0.1) is 5.01 Å². The van der Waals surface area contributed by atoms with E-state index in [9.17, 15) is 4.79 Å². The van der Waals surface area contributed by atoms with Gasteiger partial charge in [-0.3, -0.25) is 4.79 Å². The Morgan fingerprint density at radius 2 is 2.15 bits per heavy atom. The van der Waals surface area contributed by atoms with E-state index in [1.807, 2.05) is 47.8 Å². The number of carbonyl (C=O) groups is 1. The van der Waals surface area contributed by atoms with E-state index in [4.69, 9.17) is 0 Å². The lowest BCUT2D eigenvalue weighted by Crippen LogP contribution is -2.41. The number of aromatic nitrogens is 3. The Hall–Kier alpha value is -2.47. The first-order chi connectivity index (χ1) is 13.2. The van der Waals surface area contributed by atoms with Crippen molar-refractivity contribution in [2.75, 3.05) is 13.1 Å². The van der Waals surface area contributed by atoms with E-state index in [0.717, 1.165) is 49.7 Å². The molecule has 0 radical (unpaired) electrons. The SMILES string of the molecule is Cc1nccn1CC1CCCN(C(=O)c2csc(Cc3ccccc3)n2)C1. The minimum Gasteiger partial charge on any atom is -0.337 e. The molecule has 1 fully saturated rings. The monoisotopic (exact) mass is 380 g/mol. The third-order valence-electron chi connectivity index (χ3n) is 5.15. The summed E-state index contributed by atoms with van der Waals surface area (Å²) in [5, 5.41) is 2.90. The van der Waals surface area contributed by atoms with Gasteiger partial charge in [0.2, 0.25) is 0 Å². The predicted octanol–water partition coefficient (Wildman–Crippen LogP) is 3.79. The molecule has 1 unspecified atom stereocenters. The van der Waals surface area contributed by atoms with Gasteiger partial charge in [0.1, 0.15) is 11.5 Å². The number of piperidine rings is 1. The van der Waals surface area contributed by atoms with Crippen LogP contribution in [-0.4, -0.2) is 38.4 Å². The van der Waals surface area contributed by atoms with Crippen molar-refractivity contribution in [1.82, 2.24) is 19.4 Å². The van der Waals surface area contributed by atoms with Crippen LogP contribution in [0.2, 0.25) is 0 Å². The number of nitrogens with zero attached hydrogens (tertiary/aromatic N) is 4. The maximum Gasteiger partial charge on any atom is 0.273 e. The summed E-state index contributed by atoms with van der Waals surface area (Å²) in [6.45, 7) is 4.56. The van der Waals surface area contributed by atoms with Gasteiger partial charge in [-0.05, 0) is 31.2 Å². The first-order valence-electron chi connectivity index (χ1n) is 9.44. The van der Waals surface area contributed by atoms with Crippen molar-refractivity contribution in [3.05, 3.63) is 70.2 Å². The van der Waals surface area contributed by atoms with Gasteiger partial charge in [0, 0.05) is 43.8 Å². The molecule has 4 rings (SSSR count). The smallest absolute Gasteiger partial charge is 0.273 e. The molecule has 0 aliphatic carbocycles. The zero-order valence-electron chi connectivity index (χ0n) is 15.5. The molecule has 0 bridgehead atoms. The van der Waals surface area contributed by atoms with Gasteiger partial charge in [0.15, 0.2) is 0 Å². The summed E-state index contributed by atoms with van der Waals surface area (Å²) in [6, 6.07) is 10.3.